The van der Waals surface area contributed by atoms with E-state index in [2.05, 4.69) is 4.98 Å². The highest BCUT2D eigenvalue weighted by atomic mass is 32.2. The van der Waals surface area contributed by atoms with Crippen LogP contribution in [-0.2, 0) is 16.6 Å². The molecule has 92 valence electrons. The van der Waals surface area contributed by atoms with Crippen LogP contribution in [0, 0.1) is 0 Å². The summed E-state index contributed by atoms with van der Waals surface area (Å²) in [6.45, 7) is 0. The molecule has 0 aliphatic rings. The molecule has 1 unspecified atom stereocenters. The summed E-state index contributed by atoms with van der Waals surface area (Å²) in [5.41, 5.74) is 1.00. The van der Waals surface area contributed by atoms with E-state index in [9.17, 15) is 9.00 Å². The molecule has 2 aromatic rings. The first kappa shape index (κ1) is 12.4. The lowest BCUT2D eigenvalue weighted by atomic mass is 10.2. The molecule has 0 radical (unpaired) electrons. The molecular formula is C13H11NO3S. The molecule has 0 saturated heterocycles. The highest BCUT2D eigenvalue weighted by Crippen LogP contribution is 2.13. The molecule has 0 bridgehead atoms. The van der Waals surface area contributed by atoms with Gasteiger partial charge in [-0.25, -0.2) is 4.79 Å². The van der Waals surface area contributed by atoms with Crippen molar-refractivity contribution in [3.63, 3.8) is 0 Å². The van der Waals surface area contributed by atoms with Crippen LogP contribution in [0.2, 0.25) is 0 Å². The van der Waals surface area contributed by atoms with Gasteiger partial charge in [-0.05, 0) is 29.8 Å². The summed E-state index contributed by atoms with van der Waals surface area (Å²) in [6, 6.07) is 9.80. The van der Waals surface area contributed by atoms with Crippen molar-refractivity contribution in [2.45, 2.75) is 10.6 Å². The fourth-order valence-corrected chi connectivity index (χ4v) is 2.62. The lowest BCUT2D eigenvalue weighted by Gasteiger charge is -2.03. The highest BCUT2D eigenvalue weighted by molar-refractivity contribution is 7.84. The predicted molar refractivity (Wildman–Crippen MR) is 67.8 cm³/mol. The average Bonchev–Trinajstić information content (AvgIpc) is 2.40. The van der Waals surface area contributed by atoms with Crippen molar-refractivity contribution in [1.29, 1.82) is 0 Å². The number of benzene rings is 1. The third-order valence-corrected chi connectivity index (χ3v) is 3.74. The lowest BCUT2D eigenvalue weighted by molar-refractivity contribution is 0.0696. The normalized spacial score (nSPS) is 12.0. The fraction of sp³-hybridized carbons (Fsp3) is 0.0769. The number of nitrogens with zero attached hydrogens (tertiary/aromatic N) is 1. The zero-order valence-electron chi connectivity index (χ0n) is 9.45. The van der Waals surface area contributed by atoms with E-state index in [0.717, 1.165) is 5.56 Å². The number of carboxylic acid groups (broad SMARTS) is 1. The van der Waals surface area contributed by atoms with Gasteiger partial charge in [0.25, 0.3) is 0 Å². The molecule has 0 amide bonds. The molecule has 4 nitrogen and oxygen atoms in total. The van der Waals surface area contributed by atoms with Crippen LogP contribution in [0.15, 0.2) is 53.7 Å². The Hall–Kier alpha value is -2.01. The van der Waals surface area contributed by atoms with E-state index in [0.29, 0.717) is 10.6 Å². The number of aromatic nitrogens is 1. The lowest BCUT2D eigenvalue weighted by Crippen LogP contribution is -2.00. The summed E-state index contributed by atoms with van der Waals surface area (Å²) >= 11 is 0. The van der Waals surface area contributed by atoms with Crippen LogP contribution >= 0.6 is 0 Å². The minimum Gasteiger partial charge on any atom is -0.478 e. The first-order valence-electron chi connectivity index (χ1n) is 5.27. The second kappa shape index (κ2) is 5.55. The molecule has 0 fully saturated rings. The maximum Gasteiger partial charge on any atom is 0.335 e. The first-order chi connectivity index (χ1) is 8.66. The molecule has 0 saturated carbocycles. The third kappa shape index (κ3) is 3.01. The van der Waals surface area contributed by atoms with Crippen LogP contribution in [-0.4, -0.2) is 20.3 Å². The Balaban J connectivity index is 2.19. The van der Waals surface area contributed by atoms with Gasteiger partial charge in [0.15, 0.2) is 0 Å². The molecule has 0 aliphatic heterocycles. The maximum atomic E-state index is 12.1. The number of carboxylic acids is 1. The molecule has 0 aliphatic carbocycles. The van der Waals surface area contributed by atoms with Crippen LogP contribution < -0.4 is 0 Å². The second-order valence-corrected chi connectivity index (χ2v) is 5.14. The van der Waals surface area contributed by atoms with Crippen molar-refractivity contribution in [2.75, 3.05) is 0 Å². The number of rotatable bonds is 4. The third-order valence-electron chi connectivity index (χ3n) is 2.36. The summed E-state index contributed by atoms with van der Waals surface area (Å²) in [6.07, 6.45) is 3.30. The quantitative estimate of drug-likeness (QED) is 0.915. The minimum atomic E-state index is -1.26. The van der Waals surface area contributed by atoms with Crippen molar-refractivity contribution in [1.82, 2.24) is 4.98 Å². The number of carbonyl (C=O) groups is 1. The predicted octanol–water partition coefficient (Wildman–Crippen LogP) is 2.09. The summed E-state index contributed by atoms with van der Waals surface area (Å²) in [4.78, 5) is 15.3. The smallest absolute Gasteiger partial charge is 0.335 e. The van der Waals surface area contributed by atoms with Gasteiger partial charge in [-0.2, -0.15) is 0 Å². The molecule has 18 heavy (non-hydrogen) atoms. The zero-order chi connectivity index (χ0) is 13.0. The highest BCUT2D eigenvalue weighted by Gasteiger charge is 2.08. The average molecular weight is 261 g/mol. The monoisotopic (exact) mass is 261 g/mol. The van der Waals surface area contributed by atoms with Crippen LogP contribution in [0.25, 0.3) is 0 Å². The van der Waals surface area contributed by atoms with E-state index in [4.69, 9.17) is 5.11 Å². The number of hydrogen-bond donors (Lipinski definition) is 1. The molecule has 1 aromatic heterocycles. The van der Waals surface area contributed by atoms with Crippen molar-refractivity contribution < 1.29 is 14.1 Å². The summed E-state index contributed by atoms with van der Waals surface area (Å²) < 4.78 is 12.1. The molecule has 2 rings (SSSR count). The Morgan fingerprint density at radius 1 is 1.28 bits per heavy atom. The van der Waals surface area contributed by atoms with E-state index in [1.54, 1.807) is 30.6 Å². The molecule has 0 spiro atoms. The Labute approximate surface area is 107 Å². The Morgan fingerprint density at radius 3 is 2.78 bits per heavy atom. The summed E-state index contributed by atoms with van der Waals surface area (Å²) in [7, 11) is -1.26. The van der Waals surface area contributed by atoms with Crippen molar-refractivity contribution in [3.05, 3.63) is 59.9 Å². The van der Waals surface area contributed by atoms with E-state index >= 15 is 0 Å². The standard InChI is InChI=1S/C13H11NO3S/c15-13(16)11-4-1-5-12(7-11)18(17)9-10-3-2-6-14-8-10/h1-8H,9H2,(H,15,16). The minimum absolute atomic E-state index is 0.145. The topological polar surface area (TPSA) is 67.3 Å². The van der Waals surface area contributed by atoms with Gasteiger partial charge in [-0.1, -0.05) is 12.1 Å². The molecular weight excluding hydrogens is 250 g/mol. The van der Waals surface area contributed by atoms with Gasteiger partial charge in [0.1, 0.15) is 0 Å². The first-order valence-corrected chi connectivity index (χ1v) is 6.59. The number of pyridine rings is 1. The van der Waals surface area contributed by atoms with E-state index in [1.807, 2.05) is 6.07 Å². The van der Waals surface area contributed by atoms with E-state index in [1.165, 1.54) is 12.1 Å². The van der Waals surface area contributed by atoms with Gasteiger partial charge in [0.05, 0.1) is 22.1 Å². The Morgan fingerprint density at radius 2 is 2.11 bits per heavy atom. The van der Waals surface area contributed by atoms with E-state index in [-0.39, 0.29) is 5.56 Å². The molecule has 5 heteroatoms. The van der Waals surface area contributed by atoms with Gasteiger partial charge in [0.2, 0.25) is 0 Å². The molecule has 1 N–H and O–H groups in total. The van der Waals surface area contributed by atoms with Crippen LogP contribution in [0.3, 0.4) is 0 Å². The summed E-state index contributed by atoms with van der Waals surface area (Å²) in [5.74, 6) is -0.688. The van der Waals surface area contributed by atoms with Crippen molar-refractivity contribution in [3.8, 4) is 0 Å². The second-order valence-electron chi connectivity index (χ2n) is 3.68. The van der Waals surface area contributed by atoms with Crippen molar-refractivity contribution in [2.24, 2.45) is 0 Å². The molecule has 1 atom stereocenters. The van der Waals surface area contributed by atoms with Gasteiger partial charge in [0, 0.05) is 17.3 Å². The van der Waals surface area contributed by atoms with Gasteiger partial charge in [-0.3, -0.25) is 9.19 Å². The van der Waals surface area contributed by atoms with Crippen LogP contribution in [0.4, 0.5) is 0 Å². The van der Waals surface area contributed by atoms with Gasteiger partial charge >= 0.3 is 5.97 Å². The number of aromatic carboxylic acids is 1. The fourth-order valence-electron chi connectivity index (χ4n) is 1.49. The van der Waals surface area contributed by atoms with Gasteiger partial charge in [-0.15, -0.1) is 0 Å². The summed E-state index contributed by atoms with van der Waals surface area (Å²) in [5, 5.41) is 8.87. The maximum absolute atomic E-state index is 12.1. The Bertz CT molecular complexity index is 584. The van der Waals surface area contributed by atoms with Crippen LogP contribution in [0.5, 0.6) is 0 Å². The molecule has 1 heterocycles. The SMILES string of the molecule is O=C(O)c1cccc(S(=O)Cc2cccnc2)c1. The zero-order valence-corrected chi connectivity index (χ0v) is 10.3. The van der Waals surface area contributed by atoms with Crippen molar-refractivity contribution >= 4 is 16.8 Å². The largest absolute Gasteiger partial charge is 0.478 e. The van der Waals surface area contributed by atoms with Crippen LogP contribution in [0.1, 0.15) is 15.9 Å². The molecule has 1 aromatic carbocycles. The Kier molecular flexibility index (Phi) is 3.84. The number of hydrogen-bond acceptors (Lipinski definition) is 3. The van der Waals surface area contributed by atoms with Gasteiger partial charge < -0.3 is 5.11 Å². The van der Waals surface area contributed by atoms with E-state index < -0.39 is 16.8 Å².